The van der Waals surface area contributed by atoms with Crippen LogP contribution in [0.15, 0.2) is 73.2 Å². The molecule has 3 nitrogen and oxygen atoms in total. The number of hydrogen-bond acceptors (Lipinski definition) is 2. The number of hydrogen-bond donors (Lipinski definition) is 0. The Morgan fingerprint density at radius 2 is 1.73 bits per heavy atom. The first-order chi connectivity index (χ1) is 10.8. The minimum absolute atomic E-state index is 0.251. The molecular formula is C18H12FN3. The number of benzene rings is 2. The predicted octanol–water partition coefficient (Wildman–Crippen LogP) is 4.23. The molecule has 0 saturated carbocycles. The van der Waals surface area contributed by atoms with Crippen molar-refractivity contribution in [2.24, 2.45) is 0 Å². The zero-order chi connectivity index (χ0) is 14.9. The second-order valence-corrected chi connectivity index (χ2v) is 5.01. The van der Waals surface area contributed by atoms with Crippen molar-refractivity contribution >= 4 is 10.9 Å². The standard InChI is InChI=1S/C18H12FN3/c19-15-5-3-13(4-6-15)18-21-10-11-22(18)16-7-8-17-14(12-16)2-1-9-20-17/h1-12H. The van der Waals surface area contributed by atoms with Gasteiger partial charge in [-0.15, -0.1) is 0 Å². The van der Waals surface area contributed by atoms with Gasteiger partial charge in [-0.1, -0.05) is 6.07 Å². The van der Waals surface area contributed by atoms with E-state index < -0.39 is 0 Å². The summed E-state index contributed by atoms with van der Waals surface area (Å²) in [6.07, 6.45) is 5.42. The highest BCUT2D eigenvalue weighted by Crippen LogP contribution is 2.23. The number of aromatic nitrogens is 3. The molecule has 2 heterocycles. The van der Waals surface area contributed by atoms with Crippen LogP contribution in [0.4, 0.5) is 4.39 Å². The molecule has 0 aliphatic rings. The molecule has 0 spiro atoms. The van der Waals surface area contributed by atoms with Crippen LogP contribution in [-0.4, -0.2) is 14.5 Å². The molecular weight excluding hydrogens is 277 g/mol. The topological polar surface area (TPSA) is 30.7 Å². The van der Waals surface area contributed by atoms with Crippen molar-refractivity contribution in [2.45, 2.75) is 0 Å². The normalized spacial score (nSPS) is 11.0. The average Bonchev–Trinajstić information content (AvgIpc) is 3.05. The summed E-state index contributed by atoms with van der Waals surface area (Å²) in [6, 6.07) is 16.4. The fraction of sp³-hybridized carbons (Fsp3) is 0. The van der Waals surface area contributed by atoms with Gasteiger partial charge in [0, 0.05) is 35.2 Å². The first-order valence-corrected chi connectivity index (χ1v) is 6.96. The highest BCUT2D eigenvalue weighted by molar-refractivity contribution is 5.80. The van der Waals surface area contributed by atoms with Gasteiger partial charge in [0.15, 0.2) is 0 Å². The summed E-state index contributed by atoms with van der Waals surface area (Å²) in [5, 5.41) is 1.07. The van der Waals surface area contributed by atoms with Crippen LogP contribution in [-0.2, 0) is 0 Å². The third kappa shape index (κ3) is 2.15. The van der Waals surface area contributed by atoms with Gasteiger partial charge in [-0.25, -0.2) is 9.37 Å². The number of halogens is 1. The number of rotatable bonds is 2. The highest BCUT2D eigenvalue weighted by atomic mass is 19.1. The fourth-order valence-corrected chi connectivity index (χ4v) is 2.54. The van der Waals surface area contributed by atoms with E-state index in [1.54, 1.807) is 24.5 Å². The molecule has 0 saturated heterocycles. The van der Waals surface area contributed by atoms with Crippen molar-refractivity contribution in [3.63, 3.8) is 0 Å². The van der Waals surface area contributed by atoms with E-state index in [1.807, 2.05) is 35.0 Å². The van der Waals surface area contributed by atoms with Gasteiger partial charge in [-0.05, 0) is 48.5 Å². The molecule has 0 aliphatic heterocycles. The molecule has 0 aliphatic carbocycles. The summed E-state index contributed by atoms with van der Waals surface area (Å²) in [7, 11) is 0. The smallest absolute Gasteiger partial charge is 0.144 e. The molecule has 106 valence electrons. The summed E-state index contributed by atoms with van der Waals surface area (Å²) in [5.74, 6) is 0.530. The lowest BCUT2D eigenvalue weighted by atomic mass is 10.1. The van der Waals surface area contributed by atoms with E-state index in [1.165, 1.54) is 12.1 Å². The van der Waals surface area contributed by atoms with Crippen LogP contribution >= 0.6 is 0 Å². The minimum atomic E-state index is -0.251. The average molecular weight is 289 g/mol. The van der Waals surface area contributed by atoms with E-state index in [-0.39, 0.29) is 5.82 Å². The summed E-state index contributed by atoms with van der Waals surface area (Å²) in [4.78, 5) is 8.72. The van der Waals surface area contributed by atoms with Gasteiger partial charge in [0.1, 0.15) is 11.6 Å². The third-order valence-electron chi connectivity index (χ3n) is 3.61. The highest BCUT2D eigenvalue weighted by Gasteiger charge is 2.08. The van der Waals surface area contributed by atoms with Crippen LogP contribution in [0.5, 0.6) is 0 Å². The monoisotopic (exact) mass is 289 g/mol. The van der Waals surface area contributed by atoms with Gasteiger partial charge in [0.2, 0.25) is 0 Å². The lowest BCUT2D eigenvalue weighted by Gasteiger charge is -2.09. The zero-order valence-electron chi connectivity index (χ0n) is 11.6. The van der Waals surface area contributed by atoms with E-state index in [4.69, 9.17) is 0 Å². The molecule has 0 amide bonds. The van der Waals surface area contributed by atoms with Crippen molar-refractivity contribution in [3.8, 4) is 17.1 Å². The predicted molar refractivity (Wildman–Crippen MR) is 84.3 cm³/mol. The third-order valence-corrected chi connectivity index (χ3v) is 3.61. The molecule has 2 aromatic carbocycles. The van der Waals surface area contributed by atoms with Crippen molar-refractivity contribution < 1.29 is 4.39 Å². The largest absolute Gasteiger partial charge is 0.300 e. The SMILES string of the molecule is Fc1ccc(-c2nccn2-c2ccc3ncccc3c2)cc1. The molecule has 0 fully saturated rings. The van der Waals surface area contributed by atoms with E-state index in [9.17, 15) is 4.39 Å². The zero-order valence-corrected chi connectivity index (χ0v) is 11.6. The van der Waals surface area contributed by atoms with Crippen molar-refractivity contribution in [3.05, 3.63) is 79.0 Å². The van der Waals surface area contributed by atoms with Crippen LogP contribution in [0.2, 0.25) is 0 Å². The second kappa shape index (κ2) is 5.07. The lowest BCUT2D eigenvalue weighted by molar-refractivity contribution is 0.628. The van der Waals surface area contributed by atoms with Crippen molar-refractivity contribution in [1.82, 2.24) is 14.5 Å². The number of fused-ring (bicyclic) bond motifs is 1. The Bertz CT molecular complexity index is 942. The van der Waals surface area contributed by atoms with Gasteiger partial charge in [0.05, 0.1) is 5.52 Å². The van der Waals surface area contributed by atoms with Crippen LogP contribution in [0, 0.1) is 5.82 Å². The second-order valence-electron chi connectivity index (χ2n) is 5.01. The Labute approximate surface area is 126 Å². The summed E-state index contributed by atoms with van der Waals surface area (Å²) in [6.45, 7) is 0. The number of imidazole rings is 1. The van der Waals surface area contributed by atoms with Crippen LogP contribution in [0.3, 0.4) is 0 Å². The summed E-state index contributed by atoms with van der Waals surface area (Å²) in [5.41, 5.74) is 2.82. The summed E-state index contributed by atoms with van der Waals surface area (Å²) >= 11 is 0. The first-order valence-electron chi connectivity index (χ1n) is 6.96. The van der Waals surface area contributed by atoms with Gasteiger partial charge in [-0.3, -0.25) is 9.55 Å². The molecule has 0 unspecified atom stereocenters. The molecule has 22 heavy (non-hydrogen) atoms. The van der Waals surface area contributed by atoms with Crippen molar-refractivity contribution in [2.75, 3.05) is 0 Å². The fourth-order valence-electron chi connectivity index (χ4n) is 2.54. The summed E-state index contributed by atoms with van der Waals surface area (Å²) < 4.78 is 15.1. The molecule has 0 bridgehead atoms. The molecule has 4 aromatic rings. The molecule has 0 N–H and O–H groups in total. The molecule has 0 radical (unpaired) electrons. The first kappa shape index (κ1) is 12.7. The van der Waals surface area contributed by atoms with Gasteiger partial charge >= 0.3 is 0 Å². The number of nitrogens with zero attached hydrogens (tertiary/aromatic N) is 3. The maximum absolute atomic E-state index is 13.1. The van der Waals surface area contributed by atoms with Gasteiger partial charge in [-0.2, -0.15) is 0 Å². The quantitative estimate of drug-likeness (QED) is 0.553. The Morgan fingerprint density at radius 1 is 0.864 bits per heavy atom. The lowest BCUT2D eigenvalue weighted by Crippen LogP contribution is -1.96. The Morgan fingerprint density at radius 3 is 2.59 bits per heavy atom. The Kier molecular flexibility index (Phi) is 2.93. The van der Waals surface area contributed by atoms with Gasteiger partial charge in [0.25, 0.3) is 0 Å². The maximum atomic E-state index is 13.1. The van der Waals surface area contributed by atoms with E-state index in [0.29, 0.717) is 0 Å². The van der Waals surface area contributed by atoms with E-state index >= 15 is 0 Å². The minimum Gasteiger partial charge on any atom is -0.300 e. The molecule has 4 heteroatoms. The molecule has 2 aromatic heterocycles. The molecule has 0 atom stereocenters. The Hall–Kier alpha value is -3.01. The number of pyridine rings is 1. The van der Waals surface area contributed by atoms with E-state index in [0.717, 1.165) is 28.0 Å². The Balaban J connectivity index is 1.85. The van der Waals surface area contributed by atoms with Crippen LogP contribution in [0.1, 0.15) is 0 Å². The maximum Gasteiger partial charge on any atom is 0.144 e. The van der Waals surface area contributed by atoms with Crippen LogP contribution < -0.4 is 0 Å². The molecule has 4 rings (SSSR count). The van der Waals surface area contributed by atoms with E-state index in [2.05, 4.69) is 16.0 Å². The van der Waals surface area contributed by atoms with Crippen molar-refractivity contribution in [1.29, 1.82) is 0 Å². The van der Waals surface area contributed by atoms with Gasteiger partial charge < -0.3 is 0 Å². The van der Waals surface area contributed by atoms with Crippen LogP contribution in [0.25, 0.3) is 28.0 Å².